The van der Waals surface area contributed by atoms with Crippen molar-refractivity contribution in [2.45, 2.75) is 0 Å². The Morgan fingerprint density at radius 3 is 1.78 bits per heavy atom. The van der Waals surface area contributed by atoms with Crippen molar-refractivity contribution in [1.82, 2.24) is 19.1 Å². The fraction of sp³-hybridized carbons (Fsp3) is 0. The summed E-state index contributed by atoms with van der Waals surface area (Å²) in [6.45, 7) is 0. The predicted octanol–water partition coefficient (Wildman–Crippen LogP) is 11.7. The Kier molecular flexibility index (Phi) is 5.63. The zero-order chi connectivity index (χ0) is 32.8. The number of benzene rings is 7. The van der Waals surface area contributed by atoms with Crippen LogP contribution in [0, 0.1) is 0 Å². The molecule has 4 heterocycles. The Bertz CT molecular complexity index is 2970. The number of hydrogen-bond donors (Lipinski definition) is 0. The van der Waals surface area contributed by atoms with Crippen LogP contribution in [0.1, 0.15) is 0 Å². The highest BCUT2D eigenvalue weighted by Gasteiger charge is 2.30. The van der Waals surface area contributed by atoms with Crippen molar-refractivity contribution in [1.29, 1.82) is 0 Å². The summed E-state index contributed by atoms with van der Waals surface area (Å²) < 4.78 is 4.76. The minimum absolute atomic E-state index is 0.700. The van der Waals surface area contributed by atoms with Gasteiger partial charge >= 0.3 is 0 Å². The second-order valence-electron chi connectivity index (χ2n) is 12.9. The molecule has 3 aromatic heterocycles. The summed E-state index contributed by atoms with van der Waals surface area (Å²) in [5.41, 5.74) is 13.2. The first-order valence-electron chi connectivity index (χ1n) is 17.0. The molecule has 0 aliphatic carbocycles. The number of rotatable bonds is 3. The number of fused-ring (bicyclic) bond motifs is 11. The van der Waals surface area contributed by atoms with E-state index in [2.05, 4.69) is 173 Å². The van der Waals surface area contributed by atoms with Crippen LogP contribution in [0.3, 0.4) is 0 Å². The van der Waals surface area contributed by atoms with Gasteiger partial charge in [0.15, 0.2) is 5.82 Å². The second kappa shape index (κ2) is 10.4. The highest BCUT2D eigenvalue weighted by Crippen LogP contribution is 2.50. The first kappa shape index (κ1) is 27.2. The van der Waals surface area contributed by atoms with Gasteiger partial charge in [-0.1, -0.05) is 140 Å². The lowest BCUT2D eigenvalue weighted by atomic mass is 9.91. The third-order valence-corrected chi connectivity index (χ3v) is 10.3. The quantitative estimate of drug-likeness (QED) is 0.193. The molecular formula is C46H28N4. The fourth-order valence-corrected chi connectivity index (χ4v) is 8.23. The molecule has 1 aliphatic rings. The van der Waals surface area contributed by atoms with Crippen LogP contribution in [0.5, 0.6) is 0 Å². The number of hydrogen-bond acceptors (Lipinski definition) is 2. The van der Waals surface area contributed by atoms with E-state index >= 15 is 0 Å². The summed E-state index contributed by atoms with van der Waals surface area (Å²) in [5, 5.41) is 4.79. The van der Waals surface area contributed by atoms with Gasteiger partial charge in [-0.15, -0.1) is 0 Å². The Morgan fingerprint density at radius 1 is 0.380 bits per heavy atom. The average molecular weight is 637 g/mol. The van der Waals surface area contributed by atoms with Crippen molar-refractivity contribution in [2.75, 3.05) is 0 Å². The predicted molar refractivity (Wildman–Crippen MR) is 206 cm³/mol. The molecule has 0 saturated heterocycles. The van der Waals surface area contributed by atoms with E-state index < -0.39 is 0 Å². The molecule has 4 nitrogen and oxygen atoms in total. The summed E-state index contributed by atoms with van der Waals surface area (Å²) in [6.07, 6.45) is 0. The topological polar surface area (TPSA) is 35.6 Å². The van der Waals surface area contributed by atoms with Crippen LogP contribution in [-0.2, 0) is 0 Å². The van der Waals surface area contributed by atoms with Gasteiger partial charge in [-0.2, -0.15) is 0 Å². The Labute approximate surface area is 288 Å². The summed E-state index contributed by atoms with van der Waals surface area (Å²) in [7, 11) is 0. The van der Waals surface area contributed by atoms with Crippen LogP contribution in [0.25, 0.3) is 100 Å². The molecule has 7 aromatic carbocycles. The van der Waals surface area contributed by atoms with E-state index in [9.17, 15) is 0 Å². The van der Waals surface area contributed by atoms with E-state index in [1.54, 1.807) is 0 Å². The highest BCUT2D eigenvalue weighted by atomic mass is 15.1. The first-order valence-corrected chi connectivity index (χ1v) is 17.0. The van der Waals surface area contributed by atoms with Gasteiger partial charge < -0.3 is 4.57 Å². The van der Waals surface area contributed by atoms with Crippen LogP contribution in [-0.4, -0.2) is 19.1 Å². The minimum Gasteiger partial charge on any atom is -0.309 e. The summed E-state index contributed by atoms with van der Waals surface area (Å²) in [4.78, 5) is 11.1. The second-order valence-corrected chi connectivity index (χ2v) is 12.9. The van der Waals surface area contributed by atoms with Crippen LogP contribution < -0.4 is 0 Å². The SMILES string of the molecule is c1ccc(-c2nc(-c3cccc4c3c3ccccc3n4-c3ccccc3)c3c(n2)-n2c4ccccc4c4cccc(c42)-c2ccccc2-3)cc1. The zero-order valence-corrected chi connectivity index (χ0v) is 27.0. The highest BCUT2D eigenvalue weighted by molar-refractivity contribution is 6.19. The van der Waals surface area contributed by atoms with E-state index in [1.807, 2.05) is 6.07 Å². The molecule has 0 fully saturated rings. The average Bonchev–Trinajstić information content (AvgIpc) is 3.67. The minimum atomic E-state index is 0.700. The lowest BCUT2D eigenvalue weighted by Gasteiger charge is -2.18. The molecule has 1 aliphatic heterocycles. The van der Waals surface area contributed by atoms with Gasteiger partial charge in [-0.3, -0.25) is 4.57 Å². The van der Waals surface area contributed by atoms with Crippen LogP contribution in [0.15, 0.2) is 170 Å². The van der Waals surface area contributed by atoms with Crippen LogP contribution >= 0.6 is 0 Å². The molecule has 0 atom stereocenters. The van der Waals surface area contributed by atoms with E-state index in [1.165, 1.54) is 38.2 Å². The Morgan fingerprint density at radius 2 is 0.960 bits per heavy atom. The van der Waals surface area contributed by atoms with Gasteiger partial charge in [-0.05, 0) is 41.5 Å². The molecule has 0 N–H and O–H groups in total. The Hall–Kier alpha value is -6.78. The Balaban J connectivity index is 1.36. The largest absolute Gasteiger partial charge is 0.309 e. The van der Waals surface area contributed by atoms with Crippen molar-refractivity contribution in [2.24, 2.45) is 0 Å². The van der Waals surface area contributed by atoms with Crippen molar-refractivity contribution < 1.29 is 0 Å². The summed E-state index contributed by atoms with van der Waals surface area (Å²) in [5.74, 6) is 1.59. The monoisotopic (exact) mass is 636 g/mol. The van der Waals surface area contributed by atoms with Crippen LogP contribution in [0.2, 0.25) is 0 Å². The smallest absolute Gasteiger partial charge is 0.162 e. The maximum absolute atomic E-state index is 5.56. The molecule has 0 saturated carbocycles. The molecule has 50 heavy (non-hydrogen) atoms. The standard InChI is InChI=1S/C46H28N4/c1-3-15-29(16-4-1)45-47-43(37-25-14-28-40-41(37)36-22-10-12-27-39(36)49(40)30-17-5-2-6-18-30)42-33-21-8-7-19-31(33)34-23-13-24-35-32-20-9-11-26-38(32)50(44(34)35)46(42)48-45/h1-28H. The first-order chi connectivity index (χ1) is 24.8. The van der Waals surface area contributed by atoms with Crippen LogP contribution in [0.4, 0.5) is 0 Å². The van der Waals surface area contributed by atoms with Gasteiger partial charge in [-0.25, -0.2) is 9.97 Å². The lowest BCUT2D eigenvalue weighted by molar-refractivity contribution is 1.06. The van der Waals surface area contributed by atoms with Crippen molar-refractivity contribution in [3.05, 3.63) is 170 Å². The number of para-hydroxylation sites is 4. The van der Waals surface area contributed by atoms with E-state index in [0.29, 0.717) is 5.82 Å². The third kappa shape index (κ3) is 3.70. The molecule has 4 heteroatoms. The fourth-order valence-electron chi connectivity index (χ4n) is 8.23. The molecule has 0 spiro atoms. The lowest BCUT2D eigenvalue weighted by Crippen LogP contribution is -2.06. The van der Waals surface area contributed by atoms with Crippen molar-refractivity contribution in [3.8, 4) is 56.4 Å². The molecular weight excluding hydrogens is 609 g/mol. The van der Waals surface area contributed by atoms with Gasteiger partial charge in [0.05, 0.1) is 33.3 Å². The normalized spacial score (nSPS) is 12.0. The van der Waals surface area contributed by atoms with Gasteiger partial charge in [0.2, 0.25) is 0 Å². The van der Waals surface area contributed by atoms with E-state index in [4.69, 9.17) is 9.97 Å². The molecule has 0 amide bonds. The molecule has 0 unspecified atom stereocenters. The molecule has 10 aromatic rings. The number of aromatic nitrogens is 4. The van der Waals surface area contributed by atoms with Crippen molar-refractivity contribution >= 4 is 43.6 Å². The summed E-state index contributed by atoms with van der Waals surface area (Å²) >= 11 is 0. The van der Waals surface area contributed by atoms with E-state index in [0.717, 1.165) is 56.0 Å². The molecule has 0 radical (unpaired) electrons. The van der Waals surface area contributed by atoms with Gasteiger partial charge in [0.25, 0.3) is 0 Å². The van der Waals surface area contributed by atoms with Crippen molar-refractivity contribution in [3.63, 3.8) is 0 Å². The number of nitrogens with zero attached hydrogens (tertiary/aromatic N) is 4. The molecule has 11 rings (SSSR count). The van der Waals surface area contributed by atoms with Gasteiger partial charge in [0, 0.05) is 43.9 Å². The van der Waals surface area contributed by atoms with E-state index in [-0.39, 0.29) is 0 Å². The summed E-state index contributed by atoms with van der Waals surface area (Å²) in [6, 6.07) is 60.5. The maximum Gasteiger partial charge on any atom is 0.162 e. The zero-order valence-electron chi connectivity index (χ0n) is 27.0. The molecule has 0 bridgehead atoms. The van der Waals surface area contributed by atoms with Gasteiger partial charge in [0.1, 0.15) is 5.82 Å². The molecule has 232 valence electrons. The maximum atomic E-state index is 5.56. The third-order valence-electron chi connectivity index (χ3n) is 10.3.